The maximum atomic E-state index is 13.2. The molecule has 1 heterocycles. The number of nitrogens with zero attached hydrogens (tertiary/aromatic N) is 2. The van der Waals surface area contributed by atoms with E-state index in [0.717, 1.165) is 17.2 Å². The molecule has 0 amide bonds. The largest absolute Gasteiger partial charge is 0.416 e. The van der Waals surface area contributed by atoms with E-state index in [-0.39, 0.29) is 12.0 Å². The topological polar surface area (TPSA) is 43.8 Å². The summed E-state index contributed by atoms with van der Waals surface area (Å²) in [6.45, 7) is 0.987. The highest BCUT2D eigenvalue weighted by Crippen LogP contribution is 2.32. The Morgan fingerprint density at radius 3 is 2.52 bits per heavy atom. The summed E-state index contributed by atoms with van der Waals surface area (Å²) < 4.78 is 41.4. The van der Waals surface area contributed by atoms with E-state index in [1.807, 2.05) is 28.8 Å². The van der Waals surface area contributed by atoms with Gasteiger partial charge in [-0.15, -0.1) is 0 Å². The molecule has 0 aliphatic rings. The Morgan fingerprint density at radius 2 is 1.76 bits per heavy atom. The quantitative estimate of drug-likeness (QED) is 0.760. The lowest BCUT2D eigenvalue weighted by Gasteiger charge is -2.14. The second kappa shape index (κ2) is 7.11. The van der Waals surface area contributed by atoms with Gasteiger partial charge in [0.15, 0.2) is 0 Å². The molecule has 25 heavy (non-hydrogen) atoms. The highest BCUT2D eigenvalue weighted by Gasteiger charge is 2.33. The normalized spacial score (nSPS) is 11.7. The molecule has 0 spiro atoms. The number of rotatable bonds is 5. The third-order valence-corrected chi connectivity index (χ3v) is 4.05. The van der Waals surface area contributed by atoms with Gasteiger partial charge in [-0.2, -0.15) is 13.2 Å². The Labute approximate surface area is 143 Å². The molecule has 0 radical (unpaired) electrons. The average molecular weight is 345 g/mol. The zero-order valence-corrected chi connectivity index (χ0v) is 13.5. The Kier molecular flexibility index (Phi) is 4.90. The van der Waals surface area contributed by atoms with E-state index >= 15 is 0 Å². The summed E-state index contributed by atoms with van der Waals surface area (Å²) in [7, 11) is 0. The number of hydrogen-bond acceptors (Lipinski definition) is 2. The van der Waals surface area contributed by atoms with Crippen molar-refractivity contribution in [2.24, 2.45) is 5.73 Å². The predicted molar refractivity (Wildman–Crippen MR) is 89.9 cm³/mol. The van der Waals surface area contributed by atoms with Crippen LogP contribution in [0.4, 0.5) is 13.2 Å². The first-order valence-electron chi connectivity index (χ1n) is 7.90. The number of aromatic nitrogens is 2. The van der Waals surface area contributed by atoms with Crippen LogP contribution >= 0.6 is 0 Å². The first-order valence-corrected chi connectivity index (χ1v) is 7.90. The highest BCUT2D eigenvalue weighted by molar-refractivity contribution is 5.32. The minimum atomic E-state index is -4.37. The van der Waals surface area contributed by atoms with E-state index in [1.165, 1.54) is 12.1 Å². The molecule has 3 nitrogen and oxygen atoms in total. The Bertz CT molecular complexity index is 853. The smallest absolute Gasteiger partial charge is 0.330 e. The molecule has 0 saturated heterocycles. The zero-order valence-electron chi connectivity index (χ0n) is 13.5. The number of imidazole rings is 1. The molecule has 0 saturated carbocycles. The Morgan fingerprint density at radius 1 is 1.00 bits per heavy atom. The molecule has 0 bridgehead atoms. The first kappa shape index (κ1) is 17.2. The molecule has 2 aromatic carbocycles. The van der Waals surface area contributed by atoms with Gasteiger partial charge in [-0.3, -0.25) is 0 Å². The summed E-state index contributed by atoms with van der Waals surface area (Å²) in [5, 5.41) is 0. The lowest BCUT2D eigenvalue weighted by atomic mass is 10.0. The van der Waals surface area contributed by atoms with E-state index in [2.05, 4.69) is 4.98 Å². The summed E-state index contributed by atoms with van der Waals surface area (Å²) >= 11 is 0. The molecule has 6 heteroatoms. The van der Waals surface area contributed by atoms with Crippen molar-refractivity contribution < 1.29 is 13.2 Å². The average Bonchev–Trinajstić information content (AvgIpc) is 3.01. The fourth-order valence-corrected chi connectivity index (χ4v) is 2.82. The van der Waals surface area contributed by atoms with Crippen molar-refractivity contribution in [3.05, 3.63) is 89.0 Å². The monoisotopic (exact) mass is 345 g/mol. The van der Waals surface area contributed by atoms with Crippen LogP contribution in [0.5, 0.6) is 0 Å². The third-order valence-electron chi connectivity index (χ3n) is 4.05. The maximum absolute atomic E-state index is 13.2. The standard InChI is InChI=1S/C19H18F3N3/c20-19(21,22)17-7-2-1-6-16(17)11-18-24-8-9-25(18)13-15-5-3-4-14(10-15)12-23/h1-10H,11-13,23H2. The van der Waals surface area contributed by atoms with E-state index in [1.54, 1.807) is 18.5 Å². The minimum absolute atomic E-state index is 0.124. The van der Waals surface area contributed by atoms with Gasteiger partial charge in [0, 0.05) is 31.9 Å². The molecule has 0 atom stereocenters. The van der Waals surface area contributed by atoms with Gasteiger partial charge in [-0.1, -0.05) is 42.5 Å². The van der Waals surface area contributed by atoms with Crippen molar-refractivity contribution in [3.63, 3.8) is 0 Å². The molecular formula is C19H18F3N3. The number of alkyl halides is 3. The van der Waals surface area contributed by atoms with Gasteiger partial charge in [0.2, 0.25) is 0 Å². The van der Waals surface area contributed by atoms with E-state index < -0.39 is 11.7 Å². The van der Waals surface area contributed by atoms with Gasteiger partial charge in [-0.25, -0.2) is 4.98 Å². The molecule has 0 unspecified atom stereocenters. The van der Waals surface area contributed by atoms with E-state index in [4.69, 9.17) is 5.73 Å². The van der Waals surface area contributed by atoms with Gasteiger partial charge in [0.05, 0.1) is 5.56 Å². The van der Waals surface area contributed by atoms with Gasteiger partial charge in [0.1, 0.15) is 5.82 Å². The fourth-order valence-electron chi connectivity index (χ4n) is 2.82. The van der Waals surface area contributed by atoms with Crippen LogP contribution in [0.25, 0.3) is 0 Å². The number of hydrogen-bond donors (Lipinski definition) is 1. The van der Waals surface area contributed by atoms with Crippen LogP contribution < -0.4 is 5.73 Å². The Balaban J connectivity index is 1.86. The molecule has 0 aliphatic heterocycles. The predicted octanol–water partition coefficient (Wildman–Crippen LogP) is 4.00. The lowest BCUT2D eigenvalue weighted by molar-refractivity contribution is -0.138. The minimum Gasteiger partial charge on any atom is -0.330 e. The van der Waals surface area contributed by atoms with Gasteiger partial charge >= 0.3 is 6.18 Å². The van der Waals surface area contributed by atoms with Crippen molar-refractivity contribution in [1.82, 2.24) is 9.55 Å². The van der Waals surface area contributed by atoms with Crippen molar-refractivity contribution in [3.8, 4) is 0 Å². The second-order valence-corrected chi connectivity index (χ2v) is 5.83. The molecule has 1 aromatic heterocycles. The summed E-state index contributed by atoms with van der Waals surface area (Å²) in [4.78, 5) is 4.24. The van der Waals surface area contributed by atoms with Crippen molar-refractivity contribution in [1.29, 1.82) is 0 Å². The first-order chi connectivity index (χ1) is 12.0. The molecule has 130 valence electrons. The molecule has 0 aliphatic carbocycles. The number of halogens is 3. The molecule has 0 fully saturated rings. The van der Waals surface area contributed by atoms with Crippen LogP contribution in [0.3, 0.4) is 0 Å². The zero-order chi connectivity index (χ0) is 17.9. The summed E-state index contributed by atoms with van der Waals surface area (Å²) in [6.07, 6.45) is -0.859. The highest BCUT2D eigenvalue weighted by atomic mass is 19.4. The third kappa shape index (κ3) is 4.09. The van der Waals surface area contributed by atoms with Crippen molar-refractivity contribution >= 4 is 0 Å². The lowest BCUT2D eigenvalue weighted by Crippen LogP contribution is -2.12. The Hall–Kier alpha value is -2.60. The molecule has 2 N–H and O–H groups in total. The van der Waals surface area contributed by atoms with Crippen LogP contribution in [0.15, 0.2) is 60.9 Å². The van der Waals surface area contributed by atoms with Crippen molar-refractivity contribution in [2.45, 2.75) is 25.7 Å². The summed E-state index contributed by atoms with van der Waals surface area (Å²) in [6, 6.07) is 13.4. The maximum Gasteiger partial charge on any atom is 0.416 e. The van der Waals surface area contributed by atoms with E-state index in [0.29, 0.717) is 18.9 Å². The fraction of sp³-hybridized carbons (Fsp3) is 0.211. The summed E-state index contributed by atoms with van der Waals surface area (Å²) in [5.74, 6) is 0.592. The van der Waals surface area contributed by atoms with Crippen LogP contribution in [0.1, 0.15) is 28.1 Å². The van der Waals surface area contributed by atoms with Crippen LogP contribution in [0, 0.1) is 0 Å². The van der Waals surface area contributed by atoms with Gasteiger partial charge in [0.25, 0.3) is 0 Å². The van der Waals surface area contributed by atoms with Crippen LogP contribution in [-0.2, 0) is 25.7 Å². The van der Waals surface area contributed by atoms with Gasteiger partial charge < -0.3 is 10.3 Å². The van der Waals surface area contributed by atoms with Crippen LogP contribution in [0.2, 0.25) is 0 Å². The van der Waals surface area contributed by atoms with Gasteiger partial charge in [-0.05, 0) is 22.8 Å². The number of benzene rings is 2. The summed E-state index contributed by atoms with van der Waals surface area (Å²) in [5.41, 5.74) is 7.31. The molecule has 3 aromatic rings. The SMILES string of the molecule is NCc1cccc(Cn2ccnc2Cc2ccccc2C(F)(F)F)c1. The van der Waals surface area contributed by atoms with E-state index in [9.17, 15) is 13.2 Å². The molecular weight excluding hydrogens is 327 g/mol. The number of nitrogens with two attached hydrogens (primary N) is 1. The van der Waals surface area contributed by atoms with Crippen LogP contribution in [-0.4, -0.2) is 9.55 Å². The van der Waals surface area contributed by atoms with Crippen molar-refractivity contribution in [2.75, 3.05) is 0 Å². The molecule has 3 rings (SSSR count). The second-order valence-electron chi connectivity index (χ2n) is 5.83.